The summed E-state index contributed by atoms with van der Waals surface area (Å²) in [6.45, 7) is 0.647. The third-order valence-corrected chi connectivity index (χ3v) is 6.42. The van der Waals surface area contributed by atoms with Crippen LogP contribution in [0.3, 0.4) is 0 Å². The van der Waals surface area contributed by atoms with E-state index in [0.29, 0.717) is 13.1 Å². The van der Waals surface area contributed by atoms with Crippen LogP contribution < -0.4 is 9.62 Å². The molecule has 0 amide bonds. The number of benzene rings is 1. The largest absolute Gasteiger partial charge is 0.391 e. The number of sulfonamides is 1. The highest BCUT2D eigenvalue weighted by Crippen LogP contribution is 2.36. The first-order valence-electron chi connectivity index (χ1n) is 8.78. The maximum atomic E-state index is 12.9. The van der Waals surface area contributed by atoms with E-state index in [1.165, 1.54) is 7.05 Å². The SMILES string of the molecule is CNS(=O)(=O)CCc1cc(N2CCC(C(F)(F)F)CC2)cc2cn(C)nc12. The molecule has 0 bridgehead atoms. The monoisotopic (exact) mass is 404 g/mol. The Labute approximate surface area is 156 Å². The van der Waals surface area contributed by atoms with Gasteiger partial charge in [0.2, 0.25) is 10.0 Å². The number of fused-ring (bicyclic) bond motifs is 1. The maximum absolute atomic E-state index is 12.9. The van der Waals surface area contributed by atoms with Crippen molar-refractivity contribution in [3.63, 3.8) is 0 Å². The summed E-state index contributed by atoms with van der Waals surface area (Å²) in [5, 5.41) is 5.26. The van der Waals surface area contributed by atoms with Crippen LogP contribution >= 0.6 is 0 Å². The molecule has 2 heterocycles. The fourth-order valence-electron chi connectivity index (χ4n) is 3.49. The van der Waals surface area contributed by atoms with Crippen LogP contribution in [0.5, 0.6) is 0 Å². The van der Waals surface area contributed by atoms with Gasteiger partial charge in [0.05, 0.1) is 17.2 Å². The highest BCUT2D eigenvalue weighted by Gasteiger charge is 2.41. The van der Waals surface area contributed by atoms with Crippen molar-refractivity contribution in [2.24, 2.45) is 13.0 Å². The van der Waals surface area contributed by atoms with Gasteiger partial charge in [-0.3, -0.25) is 4.68 Å². The number of piperidine rings is 1. The summed E-state index contributed by atoms with van der Waals surface area (Å²) in [5.74, 6) is -1.33. The second kappa shape index (κ2) is 7.31. The number of aryl methyl sites for hydroxylation is 2. The first kappa shape index (κ1) is 19.9. The average molecular weight is 404 g/mol. The summed E-state index contributed by atoms with van der Waals surface area (Å²) in [7, 11) is -0.216. The number of hydrogen-bond donors (Lipinski definition) is 1. The van der Waals surface area contributed by atoms with Crippen LogP contribution in [0.2, 0.25) is 0 Å². The van der Waals surface area contributed by atoms with Gasteiger partial charge >= 0.3 is 6.18 Å². The highest BCUT2D eigenvalue weighted by atomic mass is 32.2. The van der Waals surface area contributed by atoms with Gasteiger partial charge in [-0.25, -0.2) is 13.1 Å². The molecule has 3 rings (SSSR count). The summed E-state index contributed by atoms with van der Waals surface area (Å²) in [4.78, 5) is 1.94. The van der Waals surface area contributed by atoms with Crippen LogP contribution in [0.25, 0.3) is 10.9 Å². The molecule has 1 aromatic heterocycles. The molecule has 0 spiro atoms. The molecule has 1 aliphatic rings. The fourth-order valence-corrected chi connectivity index (χ4v) is 4.19. The zero-order valence-electron chi connectivity index (χ0n) is 15.3. The number of aromatic nitrogens is 2. The molecule has 0 radical (unpaired) electrons. The molecule has 1 fully saturated rings. The number of rotatable bonds is 5. The van der Waals surface area contributed by atoms with Crippen molar-refractivity contribution in [1.29, 1.82) is 0 Å². The average Bonchev–Trinajstić information content (AvgIpc) is 2.99. The highest BCUT2D eigenvalue weighted by molar-refractivity contribution is 7.89. The molecular weight excluding hydrogens is 381 g/mol. The molecule has 10 heteroatoms. The summed E-state index contributed by atoms with van der Waals surface area (Å²) in [5.41, 5.74) is 2.31. The molecule has 1 N–H and O–H groups in total. The van der Waals surface area contributed by atoms with E-state index in [1.807, 2.05) is 23.2 Å². The summed E-state index contributed by atoms with van der Waals surface area (Å²) >= 11 is 0. The van der Waals surface area contributed by atoms with Gasteiger partial charge < -0.3 is 4.90 Å². The standard InChI is InChI=1S/C17H23F3N4O2S/c1-21-27(25,26)8-5-12-9-15(10-13-11-23(2)22-16(12)13)24-6-3-14(4-7-24)17(18,19)20/h9-11,14,21H,3-8H2,1-2H3. The van der Waals surface area contributed by atoms with Gasteiger partial charge in [-0.05, 0) is 44.0 Å². The molecule has 0 saturated carbocycles. The van der Waals surface area contributed by atoms with Gasteiger partial charge in [0.15, 0.2) is 0 Å². The Morgan fingerprint density at radius 2 is 1.93 bits per heavy atom. The Kier molecular flexibility index (Phi) is 5.40. The van der Waals surface area contributed by atoms with Crippen molar-refractivity contribution in [2.75, 3.05) is 30.8 Å². The van der Waals surface area contributed by atoms with Crippen LogP contribution in [-0.4, -0.2) is 50.3 Å². The number of halogens is 3. The first-order valence-corrected chi connectivity index (χ1v) is 10.4. The second-order valence-corrected chi connectivity index (χ2v) is 8.97. The predicted molar refractivity (Wildman–Crippen MR) is 98.3 cm³/mol. The lowest BCUT2D eigenvalue weighted by Crippen LogP contribution is -2.39. The van der Waals surface area contributed by atoms with Gasteiger partial charge in [0.1, 0.15) is 0 Å². The molecule has 1 saturated heterocycles. The van der Waals surface area contributed by atoms with Crippen molar-refractivity contribution in [2.45, 2.75) is 25.4 Å². The Balaban J connectivity index is 1.86. The molecule has 0 aliphatic carbocycles. The lowest BCUT2D eigenvalue weighted by atomic mass is 9.95. The summed E-state index contributed by atoms with van der Waals surface area (Å²) < 4.78 is 66.2. The minimum atomic E-state index is -4.15. The van der Waals surface area contributed by atoms with E-state index >= 15 is 0 Å². The van der Waals surface area contributed by atoms with Crippen LogP contribution in [0.15, 0.2) is 18.3 Å². The Hall–Kier alpha value is -1.81. The number of anilines is 1. The summed E-state index contributed by atoms with van der Waals surface area (Å²) in [6, 6.07) is 3.76. The molecular formula is C17H23F3N4O2S. The smallest absolute Gasteiger partial charge is 0.371 e. The number of hydrogen-bond acceptors (Lipinski definition) is 4. The summed E-state index contributed by atoms with van der Waals surface area (Å²) in [6.07, 6.45) is -1.90. The number of nitrogens with one attached hydrogen (secondary N) is 1. The topological polar surface area (TPSA) is 67.2 Å². The molecule has 0 unspecified atom stereocenters. The minimum absolute atomic E-state index is 0.0675. The number of nitrogens with zero attached hydrogens (tertiary/aromatic N) is 3. The van der Waals surface area contributed by atoms with Crippen molar-refractivity contribution >= 4 is 26.6 Å². The first-order chi connectivity index (χ1) is 12.6. The molecule has 0 atom stereocenters. The molecule has 150 valence electrons. The Morgan fingerprint density at radius 3 is 2.52 bits per heavy atom. The van der Waals surface area contributed by atoms with Crippen molar-refractivity contribution < 1.29 is 21.6 Å². The van der Waals surface area contributed by atoms with Crippen LogP contribution in [0, 0.1) is 5.92 Å². The van der Waals surface area contributed by atoms with E-state index in [9.17, 15) is 21.6 Å². The van der Waals surface area contributed by atoms with E-state index < -0.39 is 22.1 Å². The third kappa shape index (κ3) is 4.55. The zero-order valence-corrected chi connectivity index (χ0v) is 16.1. The van der Waals surface area contributed by atoms with Crippen LogP contribution in [0.4, 0.5) is 18.9 Å². The van der Waals surface area contributed by atoms with Gasteiger partial charge in [0, 0.05) is 37.4 Å². The van der Waals surface area contributed by atoms with Crippen LogP contribution in [0.1, 0.15) is 18.4 Å². The number of alkyl halides is 3. The van der Waals surface area contributed by atoms with Crippen molar-refractivity contribution in [3.8, 4) is 0 Å². The van der Waals surface area contributed by atoms with Crippen molar-refractivity contribution in [3.05, 3.63) is 23.9 Å². The quantitative estimate of drug-likeness (QED) is 0.831. The Morgan fingerprint density at radius 1 is 1.26 bits per heavy atom. The van der Waals surface area contributed by atoms with Gasteiger partial charge in [-0.15, -0.1) is 0 Å². The normalized spacial score (nSPS) is 17.0. The van der Waals surface area contributed by atoms with Gasteiger partial charge in [0.25, 0.3) is 0 Å². The van der Waals surface area contributed by atoms with Gasteiger partial charge in [-0.2, -0.15) is 18.3 Å². The van der Waals surface area contributed by atoms with E-state index in [-0.39, 0.29) is 25.0 Å². The van der Waals surface area contributed by atoms with E-state index in [0.717, 1.165) is 22.2 Å². The van der Waals surface area contributed by atoms with E-state index in [2.05, 4.69) is 9.82 Å². The maximum Gasteiger partial charge on any atom is 0.391 e. The molecule has 6 nitrogen and oxygen atoms in total. The molecule has 1 aromatic carbocycles. The van der Waals surface area contributed by atoms with Crippen molar-refractivity contribution in [1.82, 2.24) is 14.5 Å². The van der Waals surface area contributed by atoms with E-state index in [4.69, 9.17) is 0 Å². The lowest BCUT2D eigenvalue weighted by Gasteiger charge is -2.34. The van der Waals surface area contributed by atoms with E-state index in [1.54, 1.807) is 11.7 Å². The Bertz CT molecular complexity index is 916. The minimum Gasteiger partial charge on any atom is -0.371 e. The molecule has 2 aromatic rings. The van der Waals surface area contributed by atoms with Gasteiger partial charge in [-0.1, -0.05) is 0 Å². The fraction of sp³-hybridized carbons (Fsp3) is 0.588. The third-order valence-electron chi connectivity index (χ3n) is 5.06. The van der Waals surface area contributed by atoms with Crippen LogP contribution in [-0.2, 0) is 23.5 Å². The predicted octanol–water partition coefficient (Wildman–Crippen LogP) is 2.44. The lowest BCUT2D eigenvalue weighted by molar-refractivity contribution is -0.179. The zero-order chi connectivity index (χ0) is 19.8. The molecule has 1 aliphatic heterocycles. The molecule has 27 heavy (non-hydrogen) atoms. The second-order valence-electron chi connectivity index (χ2n) is 6.92.